The maximum atomic E-state index is 5.66. The Labute approximate surface area is 102 Å². The summed E-state index contributed by atoms with van der Waals surface area (Å²) in [7, 11) is 0. The van der Waals surface area contributed by atoms with E-state index in [9.17, 15) is 0 Å². The molecular formula is C14H19N3. The van der Waals surface area contributed by atoms with Crippen LogP contribution in [0, 0.1) is 6.92 Å². The fourth-order valence-electron chi connectivity index (χ4n) is 1.85. The predicted octanol–water partition coefficient (Wildman–Crippen LogP) is 2.90. The molecule has 2 rings (SSSR count). The molecule has 3 heteroatoms. The molecule has 0 saturated heterocycles. The quantitative estimate of drug-likeness (QED) is 0.879. The van der Waals surface area contributed by atoms with Crippen LogP contribution in [0.5, 0.6) is 0 Å². The van der Waals surface area contributed by atoms with E-state index in [4.69, 9.17) is 5.73 Å². The molecule has 90 valence electrons. The van der Waals surface area contributed by atoms with Crippen LogP contribution in [0.1, 0.15) is 31.1 Å². The van der Waals surface area contributed by atoms with Crippen molar-refractivity contribution < 1.29 is 0 Å². The highest BCUT2D eigenvalue weighted by molar-refractivity contribution is 5.56. The fraction of sp³-hybridized carbons (Fsp3) is 0.357. The lowest BCUT2D eigenvalue weighted by atomic mass is 10.1. The van der Waals surface area contributed by atoms with Gasteiger partial charge in [0.05, 0.1) is 5.69 Å². The van der Waals surface area contributed by atoms with E-state index in [0.717, 1.165) is 17.1 Å². The third-order valence-electron chi connectivity index (χ3n) is 2.86. The van der Waals surface area contributed by atoms with Gasteiger partial charge < -0.3 is 10.3 Å². The molecule has 0 aliphatic carbocycles. The van der Waals surface area contributed by atoms with Gasteiger partial charge in [-0.25, -0.2) is 4.98 Å². The number of imidazole rings is 1. The molecule has 2 N–H and O–H groups in total. The van der Waals surface area contributed by atoms with Gasteiger partial charge in [0.2, 0.25) is 0 Å². The third kappa shape index (κ3) is 2.39. The van der Waals surface area contributed by atoms with E-state index < -0.39 is 0 Å². The minimum atomic E-state index is 0.388. The first-order chi connectivity index (χ1) is 8.11. The zero-order chi connectivity index (χ0) is 12.4. The summed E-state index contributed by atoms with van der Waals surface area (Å²) in [5.41, 5.74) is 9.00. The second-order valence-corrected chi connectivity index (χ2v) is 4.63. The van der Waals surface area contributed by atoms with Crippen molar-refractivity contribution in [2.45, 2.75) is 33.4 Å². The lowest BCUT2D eigenvalue weighted by Crippen LogP contribution is -2.01. The molecule has 0 spiro atoms. The zero-order valence-electron chi connectivity index (χ0n) is 10.6. The second-order valence-electron chi connectivity index (χ2n) is 4.63. The summed E-state index contributed by atoms with van der Waals surface area (Å²) >= 11 is 0. The first kappa shape index (κ1) is 11.9. The van der Waals surface area contributed by atoms with Gasteiger partial charge in [0.15, 0.2) is 0 Å². The molecule has 3 nitrogen and oxygen atoms in total. The standard InChI is InChI=1S/C14H19N3/c1-10(2)17-9-13(8-15)16-14(17)12-6-4-11(3)5-7-12/h4-7,9-10H,8,15H2,1-3H3. The van der Waals surface area contributed by atoms with Gasteiger partial charge in [0.25, 0.3) is 0 Å². The second kappa shape index (κ2) is 4.72. The van der Waals surface area contributed by atoms with Crippen molar-refractivity contribution >= 4 is 0 Å². The summed E-state index contributed by atoms with van der Waals surface area (Å²) < 4.78 is 2.17. The van der Waals surface area contributed by atoms with Gasteiger partial charge in [0, 0.05) is 24.3 Å². The van der Waals surface area contributed by atoms with E-state index in [1.165, 1.54) is 5.56 Å². The molecule has 0 aliphatic rings. The van der Waals surface area contributed by atoms with Crippen LogP contribution in [0.25, 0.3) is 11.4 Å². The molecule has 0 saturated carbocycles. The molecule has 17 heavy (non-hydrogen) atoms. The van der Waals surface area contributed by atoms with Crippen molar-refractivity contribution in [1.82, 2.24) is 9.55 Å². The van der Waals surface area contributed by atoms with Crippen molar-refractivity contribution in [2.75, 3.05) is 0 Å². The average Bonchev–Trinajstić information content (AvgIpc) is 2.74. The molecular weight excluding hydrogens is 210 g/mol. The van der Waals surface area contributed by atoms with Gasteiger partial charge in [-0.3, -0.25) is 0 Å². The Bertz CT molecular complexity index is 495. The summed E-state index contributed by atoms with van der Waals surface area (Å²) in [6.45, 7) is 6.88. The number of hydrogen-bond donors (Lipinski definition) is 1. The van der Waals surface area contributed by atoms with Gasteiger partial charge >= 0.3 is 0 Å². The Morgan fingerprint density at radius 1 is 1.24 bits per heavy atom. The molecule has 1 heterocycles. The molecule has 0 aliphatic heterocycles. The Morgan fingerprint density at radius 2 is 1.88 bits per heavy atom. The van der Waals surface area contributed by atoms with Crippen LogP contribution in [0.4, 0.5) is 0 Å². The lowest BCUT2D eigenvalue weighted by Gasteiger charge is -2.11. The average molecular weight is 229 g/mol. The summed E-state index contributed by atoms with van der Waals surface area (Å²) in [5, 5.41) is 0. The number of rotatable bonds is 3. The number of nitrogens with two attached hydrogens (primary N) is 1. The molecule has 0 atom stereocenters. The lowest BCUT2D eigenvalue weighted by molar-refractivity contribution is 0.605. The zero-order valence-corrected chi connectivity index (χ0v) is 10.6. The summed E-state index contributed by atoms with van der Waals surface area (Å²) in [5.74, 6) is 1.00. The van der Waals surface area contributed by atoms with Crippen LogP contribution in [0.15, 0.2) is 30.5 Å². The van der Waals surface area contributed by atoms with Crippen LogP contribution in [0.3, 0.4) is 0 Å². The Kier molecular flexibility index (Phi) is 3.29. The van der Waals surface area contributed by atoms with Crippen LogP contribution >= 0.6 is 0 Å². The number of aromatic nitrogens is 2. The maximum Gasteiger partial charge on any atom is 0.140 e. The molecule has 2 aromatic rings. The minimum absolute atomic E-state index is 0.388. The van der Waals surface area contributed by atoms with Crippen LogP contribution in [-0.4, -0.2) is 9.55 Å². The Balaban J connectivity index is 2.49. The Morgan fingerprint density at radius 3 is 2.41 bits per heavy atom. The van der Waals surface area contributed by atoms with E-state index in [-0.39, 0.29) is 0 Å². The van der Waals surface area contributed by atoms with Crippen molar-refractivity contribution in [3.63, 3.8) is 0 Å². The van der Waals surface area contributed by atoms with Gasteiger partial charge in [-0.1, -0.05) is 29.8 Å². The first-order valence-corrected chi connectivity index (χ1v) is 5.96. The van der Waals surface area contributed by atoms with Crippen molar-refractivity contribution in [3.8, 4) is 11.4 Å². The summed E-state index contributed by atoms with van der Waals surface area (Å²) in [6.07, 6.45) is 2.04. The van der Waals surface area contributed by atoms with E-state index in [2.05, 4.69) is 54.6 Å². The highest BCUT2D eigenvalue weighted by Crippen LogP contribution is 2.22. The maximum absolute atomic E-state index is 5.66. The topological polar surface area (TPSA) is 43.8 Å². The van der Waals surface area contributed by atoms with E-state index >= 15 is 0 Å². The van der Waals surface area contributed by atoms with Crippen LogP contribution < -0.4 is 5.73 Å². The van der Waals surface area contributed by atoms with Crippen LogP contribution in [0.2, 0.25) is 0 Å². The molecule has 0 unspecified atom stereocenters. The molecule has 0 bridgehead atoms. The SMILES string of the molecule is Cc1ccc(-c2nc(CN)cn2C(C)C)cc1. The van der Waals surface area contributed by atoms with E-state index in [1.807, 2.05) is 6.20 Å². The number of hydrogen-bond acceptors (Lipinski definition) is 2. The van der Waals surface area contributed by atoms with Crippen molar-refractivity contribution in [1.29, 1.82) is 0 Å². The first-order valence-electron chi connectivity index (χ1n) is 5.96. The highest BCUT2D eigenvalue weighted by Gasteiger charge is 2.11. The summed E-state index contributed by atoms with van der Waals surface area (Å²) in [6, 6.07) is 8.82. The number of benzene rings is 1. The smallest absolute Gasteiger partial charge is 0.140 e. The molecule has 0 radical (unpaired) electrons. The number of nitrogens with zero attached hydrogens (tertiary/aromatic N) is 2. The van der Waals surface area contributed by atoms with Crippen molar-refractivity contribution in [3.05, 3.63) is 41.7 Å². The normalized spacial score (nSPS) is 11.1. The third-order valence-corrected chi connectivity index (χ3v) is 2.86. The van der Waals surface area contributed by atoms with Gasteiger partial charge in [0.1, 0.15) is 5.82 Å². The minimum Gasteiger partial charge on any atom is -0.328 e. The highest BCUT2D eigenvalue weighted by atomic mass is 15.1. The van der Waals surface area contributed by atoms with E-state index in [1.54, 1.807) is 0 Å². The van der Waals surface area contributed by atoms with Crippen LogP contribution in [-0.2, 0) is 6.54 Å². The van der Waals surface area contributed by atoms with Crippen molar-refractivity contribution in [2.24, 2.45) is 5.73 Å². The molecule has 1 aromatic heterocycles. The molecule has 0 amide bonds. The Hall–Kier alpha value is -1.61. The van der Waals surface area contributed by atoms with E-state index in [0.29, 0.717) is 12.6 Å². The van der Waals surface area contributed by atoms with Gasteiger partial charge in [-0.2, -0.15) is 0 Å². The molecule has 1 aromatic carbocycles. The van der Waals surface area contributed by atoms with Gasteiger partial charge in [-0.15, -0.1) is 0 Å². The monoisotopic (exact) mass is 229 g/mol. The van der Waals surface area contributed by atoms with Gasteiger partial charge in [-0.05, 0) is 20.8 Å². The summed E-state index contributed by atoms with van der Waals surface area (Å²) in [4.78, 5) is 4.59. The largest absolute Gasteiger partial charge is 0.328 e. The fourth-order valence-corrected chi connectivity index (χ4v) is 1.85. The molecule has 0 fully saturated rings. The predicted molar refractivity (Wildman–Crippen MR) is 70.7 cm³/mol. The number of aryl methyl sites for hydroxylation is 1.